The van der Waals surface area contributed by atoms with E-state index in [1.807, 2.05) is 0 Å². The summed E-state index contributed by atoms with van der Waals surface area (Å²) in [6.45, 7) is -0.148. The maximum Gasteiger partial charge on any atom is 0.184 e. The van der Waals surface area contributed by atoms with Gasteiger partial charge in [0.15, 0.2) is 11.6 Å². The molecule has 0 aromatic rings. The summed E-state index contributed by atoms with van der Waals surface area (Å²) in [7, 11) is 0. The van der Waals surface area contributed by atoms with Gasteiger partial charge in [-0.3, -0.25) is 15.0 Å². The molecule has 1 aliphatic carbocycles. The van der Waals surface area contributed by atoms with Gasteiger partial charge in [-0.2, -0.15) is 0 Å². The SMILES string of the molecule is N=C1C(=O)CC(CO)CC1=O. The van der Waals surface area contributed by atoms with Gasteiger partial charge in [0.1, 0.15) is 5.71 Å². The first-order chi connectivity index (χ1) is 5.15. The lowest BCUT2D eigenvalue weighted by Crippen LogP contribution is -2.34. The first-order valence-corrected chi connectivity index (χ1v) is 3.41. The highest BCUT2D eigenvalue weighted by Crippen LogP contribution is 2.15. The summed E-state index contributed by atoms with van der Waals surface area (Å²) in [6, 6.07) is 0. The van der Waals surface area contributed by atoms with Crippen molar-refractivity contribution in [1.29, 1.82) is 5.41 Å². The van der Waals surface area contributed by atoms with E-state index < -0.39 is 17.3 Å². The Balaban J connectivity index is 2.70. The van der Waals surface area contributed by atoms with E-state index in [0.29, 0.717) is 0 Å². The van der Waals surface area contributed by atoms with Crippen LogP contribution in [0.1, 0.15) is 12.8 Å². The van der Waals surface area contributed by atoms with Crippen molar-refractivity contribution in [3.63, 3.8) is 0 Å². The Morgan fingerprint density at radius 2 is 1.82 bits per heavy atom. The Labute approximate surface area is 63.7 Å². The number of hydrogen-bond donors (Lipinski definition) is 2. The van der Waals surface area contributed by atoms with Gasteiger partial charge in [-0.25, -0.2) is 0 Å². The molecule has 0 atom stereocenters. The summed E-state index contributed by atoms with van der Waals surface area (Å²) in [4.78, 5) is 21.6. The van der Waals surface area contributed by atoms with Crippen molar-refractivity contribution in [2.24, 2.45) is 5.92 Å². The van der Waals surface area contributed by atoms with E-state index in [1.54, 1.807) is 0 Å². The zero-order valence-electron chi connectivity index (χ0n) is 5.96. The van der Waals surface area contributed by atoms with Crippen molar-refractivity contribution in [2.45, 2.75) is 12.8 Å². The summed E-state index contributed by atoms with van der Waals surface area (Å²) in [5.41, 5.74) is -0.408. The van der Waals surface area contributed by atoms with Crippen LogP contribution in [-0.4, -0.2) is 29.0 Å². The number of nitrogens with one attached hydrogen (secondary N) is 1. The molecule has 0 aromatic carbocycles. The fourth-order valence-electron chi connectivity index (χ4n) is 1.09. The van der Waals surface area contributed by atoms with Gasteiger partial charge >= 0.3 is 0 Å². The van der Waals surface area contributed by atoms with Crippen molar-refractivity contribution in [2.75, 3.05) is 6.61 Å². The zero-order chi connectivity index (χ0) is 8.43. The highest BCUT2D eigenvalue weighted by Gasteiger charge is 2.29. The fourth-order valence-corrected chi connectivity index (χ4v) is 1.09. The molecule has 0 spiro atoms. The largest absolute Gasteiger partial charge is 0.396 e. The van der Waals surface area contributed by atoms with Crippen molar-refractivity contribution >= 4 is 17.3 Å². The number of carbonyl (C=O) groups is 2. The number of Topliss-reactive ketones (excluding diaryl/α,β-unsaturated/α-hetero) is 2. The molecular weight excluding hydrogens is 146 g/mol. The van der Waals surface area contributed by atoms with E-state index >= 15 is 0 Å². The highest BCUT2D eigenvalue weighted by atomic mass is 16.3. The molecule has 0 amide bonds. The predicted molar refractivity (Wildman–Crippen MR) is 37.6 cm³/mol. The highest BCUT2D eigenvalue weighted by molar-refractivity contribution is 6.65. The molecule has 4 heteroatoms. The topological polar surface area (TPSA) is 78.2 Å². The predicted octanol–water partition coefficient (Wildman–Crippen LogP) is -0.453. The van der Waals surface area contributed by atoms with Crippen LogP contribution in [0, 0.1) is 11.3 Å². The number of rotatable bonds is 1. The summed E-state index contributed by atoms with van der Waals surface area (Å²) < 4.78 is 0. The molecule has 0 bridgehead atoms. The molecule has 11 heavy (non-hydrogen) atoms. The van der Waals surface area contributed by atoms with Crippen LogP contribution in [0.2, 0.25) is 0 Å². The molecule has 0 heterocycles. The molecule has 1 rings (SSSR count). The molecule has 0 radical (unpaired) electrons. The van der Waals surface area contributed by atoms with Crippen LogP contribution < -0.4 is 0 Å². The number of carbonyl (C=O) groups excluding carboxylic acids is 2. The molecule has 0 unspecified atom stereocenters. The van der Waals surface area contributed by atoms with Crippen molar-refractivity contribution in [1.82, 2.24) is 0 Å². The van der Waals surface area contributed by atoms with Gasteiger partial charge in [0.2, 0.25) is 0 Å². The molecule has 2 N–H and O–H groups in total. The van der Waals surface area contributed by atoms with Crippen LogP contribution in [0.3, 0.4) is 0 Å². The van der Waals surface area contributed by atoms with Gasteiger partial charge in [-0.05, 0) is 5.92 Å². The van der Waals surface area contributed by atoms with Crippen LogP contribution in [-0.2, 0) is 9.59 Å². The summed E-state index contributed by atoms with van der Waals surface area (Å²) in [6.07, 6.45) is 0.280. The maximum atomic E-state index is 10.8. The first kappa shape index (κ1) is 8.07. The molecule has 1 fully saturated rings. The normalized spacial score (nSPS) is 25.9. The Morgan fingerprint density at radius 1 is 1.36 bits per heavy atom. The number of hydrogen-bond acceptors (Lipinski definition) is 4. The lowest BCUT2D eigenvalue weighted by molar-refractivity contribution is -0.121. The Morgan fingerprint density at radius 3 is 2.18 bits per heavy atom. The van der Waals surface area contributed by atoms with Gasteiger partial charge in [0, 0.05) is 19.4 Å². The standard InChI is InChI=1S/C7H9NO3/c8-7-5(10)1-4(3-9)2-6(7)11/h4,8-9H,1-3H2. The van der Waals surface area contributed by atoms with Gasteiger partial charge < -0.3 is 5.11 Å². The zero-order valence-corrected chi connectivity index (χ0v) is 5.96. The van der Waals surface area contributed by atoms with E-state index in [0.717, 1.165) is 0 Å². The van der Waals surface area contributed by atoms with Crippen LogP contribution in [0.15, 0.2) is 0 Å². The smallest absolute Gasteiger partial charge is 0.184 e. The molecule has 0 aliphatic heterocycles. The monoisotopic (exact) mass is 155 g/mol. The Bertz CT molecular complexity index is 202. The van der Waals surface area contributed by atoms with E-state index in [2.05, 4.69) is 0 Å². The molecule has 1 aliphatic rings. The fraction of sp³-hybridized carbons (Fsp3) is 0.571. The first-order valence-electron chi connectivity index (χ1n) is 3.41. The summed E-state index contributed by atoms with van der Waals surface area (Å²) in [5, 5.41) is 15.6. The van der Waals surface area contributed by atoms with Crippen molar-refractivity contribution in [3.8, 4) is 0 Å². The van der Waals surface area contributed by atoms with E-state index in [9.17, 15) is 9.59 Å². The molecule has 0 saturated heterocycles. The molecule has 0 aromatic heterocycles. The second kappa shape index (κ2) is 2.92. The van der Waals surface area contributed by atoms with Crippen molar-refractivity contribution in [3.05, 3.63) is 0 Å². The van der Waals surface area contributed by atoms with Gasteiger partial charge in [-0.15, -0.1) is 0 Å². The molecule has 4 nitrogen and oxygen atoms in total. The third kappa shape index (κ3) is 1.51. The van der Waals surface area contributed by atoms with Crippen LogP contribution in [0.4, 0.5) is 0 Å². The molecular formula is C7H9NO3. The van der Waals surface area contributed by atoms with E-state index in [-0.39, 0.29) is 25.4 Å². The Kier molecular flexibility index (Phi) is 2.14. The second-order valence-corrected chi connectivity index (χ2v) is 2.68. The number of aliphatic hydroxyl groups excluding tert-OH is 1. The number of aliphatic hydroxyl groups is 1. The molecule has 1 saturated carbocycles. The minimum absolute atomic E-state index is 0.140. The second-order valence-electron chi connectivity index (χ2n) is 2.68. The maximum absolute atomic E-state index is 10.8. The van der Waals surface area contributed by atoms with Crippen molar-refractivity contribution < 1.29 is 14.7 Å². The van der Waals surface area contributed by atoms with E-state index in [4.69, 9.17) is 10.5 Å². The summed E-state index contributed by atoms with van der Waals surface area (Å²) >= 11 is 0. The van der Waals surface area contributed by atoms with Gasteiger partial charge in [0.25, 0.3) is 0 Å². The minimum Gasteiger partial charge on any atom is -0.396 e. The lowest BCUT2D eigenvalue weighted by Gasteiger charge is -2.17. The molecule has 60 valence electrons. The average Bonchev–Trinajstić information content (AvgIpc) is 1.99. The Hall–Kier alpha value is -1.03. The third-order valence-electron chi connectivity index (χ3n) is 1.76. The average molecular weight is 155 g/mol. The van der Waals surface area contributed by atoms with Gasteiger partial charge in [-0.1, -0.05) is 0 Å². The van der Waals surface area contributed by atoms with E-state index in [1.165, 1.54) is 0 Å². The van der Waals surface area contributed by atoms with Gasteiger partial charge in [0.05, 0.1) is 0 Å². The quantitative estimate of drug-likeness (QED) is 0.538. The lowest BCUT2D eigenvalue weighted by atomic mass is 9.87. The summed E-state index contributed by atoms with van der Waals surface area (Å²) in [5.74, 6) is -1.15. The van der Waals surface area contributed by atoms with Crippen LogP contribution >= 0.6 is 0 Å². The minimum atomic E-state index is -0.444. The number of ketones is 2. The van der Waals surface area contributed by atoms with Crippen LogP contribution in [0.5, 0.6) is 0 Å². The third-order valence-corrected chi connectivity index (χ3v) is 1.76. The van der Waals surface area contributed by atoms with Crippen LogP contribution in [0.25, 0.3) is 0 Å².